The Balaban J connectivity index is 1.91. The monoisotopic (exact) mass is 385 g/mol. The first-order chi connectivity index (χ1) is 12.2. The lowest BCUT2D eigenvalue weighted by atomic mass is 10.1. The number of ether oxygens (including phenoxy) is 1. The molecule has 0 spiro atoms. The topological polar surface area (TPSA) is 55.4 Å². The van der Waals surface area contributed by atoms with Crippen molar-refractivity contribution >= 4 is 23.5 Å². The number of alkyl halides is 3. The van der Waals surface area contributed by atoms with Crippen molar-refractivity contribution in [3.05, 3.63) is 70.2 Å². The summed E-state index contributed by atoms with van der Waals surface area (Å²) in [6, 6.07) is 10.5. The summed E-state index contributed by atoms with van der Waals surface area (Å²) < 4.78 is 42.5. The largest absolute Gasteiger partial charge is 0.449 e. The Bertz CT molecular complexity index is 791. The van der Waals surface area contributed by atoms with Crippen LogP contribution in [-0.4, -0.2) is 18.0 Å². The Kier molecular flexibility index (Phi) is 6.26. The number of amides is 1. The molecule has 0 heterocycles. The number of carbonyl (C=O) groups excluding carboxylic acids is 2. The number of halogens is 4. The van der Waals surface area contributed by atoms with Gasteiger partial charge in [-0.3, -0.25) is 4.79 Å². The van der Waals surface area contributed by atoms with Crippen molar-refractivity contribution in [2.75, 3.05) is 0 Å². The number of hydrogen-bond donors (Lipinski definition) is 1. The van der Waals surface area contributed by atoms with E-state index in [-0.39, 0.29) is 12.1 Å². The molecule has 1 N–H and O–H groups in total. The summed E-state index contributed by atoms with van der Waals surface area (Å²) in [7, 11) is 0. The van der Waals surface area contributed by atoms with E-state index < -0.39 is 29.7 Å². The third-order valence-corrected chi connectivity index (χ3v) is 3.88. The molecule has 0 saturated heterocycles. The fourth-order valence-corrected chi connectivity index (χ4v) is 2.25. The van der Waals surface area contributed by atoms with Gasteiger partial charge < -0.3 is 10.1 Å². The zero-order valence-electron chi connectivity index (χ0n) is 13.6. The Morgan fingerprint density at radius 3 is 2.31 bits per heavy atom. The molecule has 8 heteroatoms. The fraction of sp³-hybridized carbons (Fsp3) is 0.222. The van der Waals surface area contributed by atoms with Crippen molar-refractivity contribution in [3.63, 3.8) is 0 Å². The number of esters is 1. The lowest BCUT2D eigenvalue weighted by molar-refractivity contribution is -0.137. The molecular formula is C18H15ClF3NO3. The highest BCUT2D eigenvalue weighted by Gasteiger charge is 2.30. The second kappa shape index (κ2) is 8.23. The highest BCUT2D eigenvalue weighted by molar-refractivity contribution is 6.31. The summed E-state index contributed by atoms with van der Waals surface area (Å²) >= 11 is 5.98. The molecule has 2 aromatic rings. The molecule has 2 rings (SSSR count). The third-order valence-electron chi connectivity index (χ3n) is 3.51. The average Bonchev–Trinajstić information content (AvgIpc) is 2.60. The van der Waals surface area contributed by atoms with Crippen LogP contribution >= 0.6 is 11.6 Å². The van der Waals surface area contributed by atoms with Crippen LogP contribution < -0.4 is 5.32 Å². The first kappa shape index (κ1) is 19.8. The van der Waals surface area contributed by atoms with Crippen LogP contribution in [0.15, 0.2) is 48.5 Å². The standard InChI is InChI=1S/C18H15ClF3NO3/c1-11(16(24)23-10-13-4-2-3-5-15(13)19)26-17(25)12-6-8-14(9-7-12)18(20,21)22/h2-9,11H,10H2,1H3,(H,23,24). The van der Waals surface area contributed by atoms with Gasteiger partial charge >= 0.3 is 12.1 Å². The normalized spacial score (nSPS) is 12.3. The van der Waals surface area contributed by atoms with Crippen LogP contribution in [0.2, 0.25) is 5.02 Å². The van der Waals surface area contributed by atoms with Gasteiger partial charge in [-0.05, 0) is 42.8 Å². The van der Waals surface area contributed by atoms with Gasteiger partial charge in [-0.15, -0.1) is 0 Å². The zero-order valence-corrected chi connectivity index (χ0v) is 14.4. The maximum absolute atomic E-state index is 12.5. The minimum absolute atomic E-state index is 0.0799. The van der Waals surface area contributed by atoms with E-state index in [1.165, 1.54) is 6.92 Å². The molecule has 1 atom stereocenters. The lowest BCUT2D eigenvalue weighted by Gasteiger charge is -2.14. The zero-order chi connectivity index (χ0) is 19.3. The van der Waals surface area contributed by atoms with Crippen LogP contribution in [-0.2, 0) is 22.3 Å². The maximum Gasteiger partial charge on any atom is 0.416 e. The first-order valence-corrected chi connectivity index (χ1v) is 7.95. The van der Waals surface area contributed by atoms with Gasteiger partial charge in [0, 0.05) is 11.6 Å². The highest BCUT2D eigenvalue weighted by atomic mass is 35.5. The van der Waals surface area contributed by atoms with E-state index in [1.807, 2.05) is 0 Å². The molecule has 0 aliphatic carbocycles. The second-order valence-electron chi connectivity index (χ2n) is 5.43. The number of hydrogen-bond acceptors (Lipinski definition) is 3. The molecule has 26 heavy (non-hydrogen) atoms. The van der Waals surface area contributed by atoms with E-state index in [4.69, 9.17) is 16.3 Å². The van der Waals surface area contributed by atoms with E-state index in [0.29, 0.717) is 10.6 Å². The van der Waals surface area contributed by atoms with Crippen LogP contribution in [0, 0.1) is 0 Å². The van der Waals surface area contributed by atoms with E-state index in [9.17, 15) is 22.8 Å². The Morgan fingerprint density at radius 2 is 1.73 bits per heavy atom. The van der Waals surface area contributed by atoms with Crippen molar-refractivity contribution in [3.8, 4) is 0 Å². The minimum atomic E-state index is -4.49. The number of benzene rings is 2. The van der Waals surface area contributed by atoms with Crippen molar-refractivity contribution < 1.29 is 27.5 Å². The summed E-state index contributed by atoms with van der Waals surface area (Å²) in [6.45, 7) is 1.52. The SMILES string of the molecule is CC(OC(=O)c1ccc(C(F)(F)F)cc1)C(=O)NCc1ccccc1Cl. The van der Waals surface area contributed by atoms with E-state index in [1.54, 1.807) is 24.3 Å². The fourth-order valence-electron chi connectivity index (χ4n) is 2.05. The van der Waals surface area contributed by atoms with Gasteiger partial charge in [-0.2, -0.15) is 13.2 Å². The maximum atomic E-state index is 12.5. The third kappa shape index (κ3) is 5.23. The predicted octanol–water partition coefficient (Wildman–Crippen LogP) is 4.22. The minimum Gasteiger partial charge on any atom is -0.449 e. The average molecular weight is 386 g/mol. The molecule has 1 amide bonds. The van der Waals surface area contributed by atoms with Crippen LogP contribution in [0.5, 0.6) is 0 Å². The van der Waals surface area contributed by atoms with Crippen molar-refractivity contribution in [2.24, 2.45) is 0 Å². The molecule has 4 nitrogen and oxygen atoms in total. The number of rotatable bonds is 5. The molecule has 0 aliphatic heterocycles. The van der Waals surface area contributed by atoms with Crippen molar-refractivity contribution in [1.82, 2.24) is 5.32 Å². The van der Waals surface area contributed by atoms with Crippen LogP contribution in [0.1, 0.15) is 28.4 Å². The Labute approximate surface area is 152 Å². The van der Waals surface area contributed by atoms with Gasteiger partial charge in [-0.1, -0.05) is 29.8 Å². The van der Waals surface area contributed by atoms with E-state index >= 15 is 0 Å². The van der Waals surface area contributed by atoms with Crippen molar-refractivity contribution in [1.29, 1.82) is 0 Å². The smallest absolute Gasteiger partial charge is 0.416 e. The molecule has 0 radical (unpaired) electrons. The van der Waals surface area contributed by atoms with Gasteiger partial charge in [0.2, 0.25) is 0 Å². The van der Waals surface area contributed by atoms with Crippen LogP contribution in [0.3, 0.4) is 0 Å². The van der Waals surface area contributed by atoms with Gasteiger partial charge in [0.25, 0.3) is 5.91 Å². The van der Waals surface area contributed by atoms with Gasteiger partial charge in [0.1, 0.15) is 0 Å². The molecule has 0 fully saturated rings. The summed E-state index contributed by atoms with van der Waals surface area (Å²) in [4.78, 5) is 23.9. The Hall–Kier alpha value is -2.54. The molecule has 0 bridgehead atoms. The number of nitrogens with one attached hydrogen (secondary N) is 1. The van der Waals surface area contributed by atoms with Crippen LogP contribution in [0.25, 0.3) is 0 Å². The van der Waals surface area contributed by atoms with Gasteiger partial charge in [0.05, 0.1) is 11.1 Å². The van der Waals surface area contributed by atoms with Gasteiger partial charge in [0.15, 0.2) is 6.10 Å². The molecule has 2 aromatic carbocycles. The molecular weight excluding hydrogens is 371 g/mol. The van der Waals surface area contributed by atoms with Crippen LogP contribution in [0.4, 0.5) is 13.2 Å². The first-order valence-electron chi connectivity index (χ1n) is 7.58. The second-order valence-corrected chi connectivity index (χ2v) is 5.84. The summed E-state index contributed by atoms with van der Waals surface area (Å²) in [6.07, 6.45) is -5.61. The Morgan fingerprint density at radius 1 is 1.12 bits per heavy atom. The quantitative estimate of drug-likeness (QED) is 0.784. The van der Waals surface area contributed by atoms with E-state index in [0.717, 1.165) is 24.3 Å². The molecule has 1 unspecified atom stereocenters. The van der Waals surface area contributed by atoms with Gasteiger partial charge in [-0.25, -0.2) is 4.79 Å². The summed E-state index contributed by atoms with van der Waals surface area (Å²) in [5.41, 5.74) is -0.257. The molecule has 0 saturated carbocycles. The lowest BCUT2D eigenvalue weighted by Crippen LogP contribution is -2.35. The summed E-state index contributed by atoms with van der Waals surface area (Å²) in [5, 5.41) is 3.06. The highest BCUT2D eigenvalue weighted by Crippen LogP contribution is 2.29. The summed E-state index contributed by atoms with van der Waals surface area (Å²) in [5.74, 6) is -1.44. The molecule has 138 valence electrons. The number of carbonyl (C=O) groups is 2. The predicted molar refractivity (Wildman–Crippen MR) is 89.6 cm³/mol. The molecule has 0 aliphatic rings. The van der Waals surface area contributed by atoms with Crippen molar-refractivity contribution in [2.45, 2.75) is 25.7 Å². The van der Waals surface area contributed by atoms with E-state index in [2.05, 4.69) is 5.32 Å². The molecule has 0 aromatic heterocycles.